The lowest BCUT2D eigenvalue weighted by Crippen LogP contribution is -2.41. The lowest BCUT2D eigenvalue weighted by atomic mass is 9.96. The number of nitrogens with zero attached hydrogens (tertiary/aromatic N) is 4. The van der Waals surface area contributed by atoms with Gasteiger partial charge in [0.25, 0.3) is 5.91 Å². The van der Waals surface area contributed by atoms with Crippen LogP contribution in [-0.4, -0.2) is 57.6 Å². The molecule has 0 aliphatic carbocycles. The number of benzene rings is 1. The zero-order valence-electron chi connectivity index (χ0n) is 15.6. The molecule has 1 aliphatic rings. The van der Waals surface area contributed by atoms with Crippen LogP contribution in [0.1, 0.15) is 28.9 Å². The van der Waals surface area contributed by atoms with Crippen molar-refractivity contribution >= 4 is 16.8 Å². The van der Waals surface area contributed by atoms with Gasteiger partial charge in [-0.05, 0) is 37.4 Å². The van der Waals surface area contributed by atoms with Gasteiger partial charge in [0.05, 0.1) is 17.9 Å². The summed E-state index contributed by atoms with van der Waals surface area (Å²) < 4.78 is 0. The van der Waals surface area contributed by atoms with Gasteiger partial charge >= 0.3 is 0 Å². The highest BCUT2D eigenvalue weighted by Crippen LogP contribution is 2.21. The summed E-state index contributed by atoms with van der Waals surface area (Å²) in [6.45, 7) is 3.63. The lowest BCUT2D eigenvalue weighted by molar-refractivity contribution is 0.0666. The van der Waals surface area contributed by atoms with Crippen LogP contribution in [0.5, 0.6) is 0 Å². The fourth-order valence-corrected chi connectivity index (χ4v) is 3.84. The van der Waals surface area contributed by atoms with E-state index in [2.05, 4.69) is 57.5 Å². The normalized spacial score (nSPS) is 15.6. The highest BCUT2D eigenvalue weighted by atomic mass is 16.2. The lowest BCUT2D eigenvalue weighted by Gasteiger charge is -2.33. The van der Waals surface area contributed by atoms with Crippen LogP contribution in [-0.2, 0) is 6.54 Å². The Morgan fingerprint density at radius 1 is 1.22 bits per heavy atom. The van der Waals surface area contributed by atoms with Gasteiger partial charge in [-0.2, -0.15) is 5.10 Å². The Morgan fingerprint density at radius 3 is 2.78 bits per heavy atom. The minimum Gasteiger partial charge on any atom is -0.337 e. The summed E-state index contributed by atoms with van der Waals surface area (Å²) >= 11 is 0. The molecule has 1 saturated heterocycles. The first-order chi connectivity index (χ1) is 13.2. The molecule has 6 heteroatoms. The number of aromatic amines is 1. The van der Waals surface area contributed by atoms with Gasteiger partial charge in [-0.1, -0.05) is 30.3 Å². The van der Waals surface area contributed by atoms with Crippen molar-refractivity contribution in [2.75, 3.05) is 26.7 Å². The van der Waals surface area contributed by atoms with E-state index < -0.39 is 0 Å². The molecule has 1 N–H and O–H groups in total. The number of likely N-dealkylation sites (tertiary alicyclic amines) is 1. The molecule has 3 aromatic rings. The monoisotopic (exact) mass is 363 g/mol. The van der Waals surface area contributed by atoms with Crippen molar-refractivity contribution in [1.29, 1.82) is 0 Å². The van der Waals surface area contributed by atoms with E-state index >= 15 is 0 Å². The van der Waals surface area contributed by atoms with Gasteiger partial charge in [-0.15, -0.1) is 0 Å². The summed E-state index contributed by atoms with van der Waals surface area (Å²) in [4.78, 5) is 21.4. The van der Waals surface area contributed by atoms with Gasteiger partial charge in [0.1, 0.15) is 5.69 Å². The molecule has 0 bridgehead atoms. The second-order valence-electron chi connectivity index (χ2n) is 7.44. The molecule has 6 nitrogen and oxygen atoms in total. The molecule has 1 aliphatic heterocycles. The second-order valence-corrected chi connectivity index (χ2v) is 7.44. The number of H-pyrrole nitrogens is 1. The highest BCUT2D eigenvalue weighted by molar-refractivity contribution is 5.95. The van der Waals surface area contributed by atoms with Crippen molar-refractivity contribution in [3.05, 3.63) is 60.0 Å². The van der Waals surface area contributed by atoms with E-state index in [9.17, 15) is 4.79 Å². The van der Waals surface area contributed by atoms with Crippen LogP contribution in [0.4, 0.5) is 0 Å². The van der Waals surface area contributed by atoms with E-state index in [0.717, 1.165) is 49.9 Å². The van der Waals surface area contributed by atoms with Gasteiger partial charge in [0, 0.05) is 31.6 Å². The summed E-state index contributed by atoms with van der Waals surface area (Å²) in [7, 11) is 2.18. The third-order valence-corrected chi connectivity index (χ3v) is 5.31. The van der Waals surface area contributed by atoms with Crippen LogP contribution in [0, 0.1) is 5.92 Å². The first kappa shape index (κ1) is 17.7. The molecule has 1 fully saturated rings. The number of carbonyl (C=O) groups is 1. The maximum atomic E-state index is 12.8. The van der Waals surface area contributed by atoms with Crippen LogP contribution >= 0.6 is 0 Å². The zero-order chi connectivity index (χ0) is 18.6. The van der Waals surface area contributed by atoms with Crippen LogP contribution in [0.25, 0.3) is 10.9 Å². The molecule has 1 amide bonds. The van der Waals surface area contributed by atoms with Crippen molar-refractivity contribution in [3.8, 4) is 0 Å². The Balaban J connectivity index is 1.29. The number of aromatic nitrogens is 3. The number of hydrogen-bond donors (Lipinski definition) is 1. The Bertz CT molecular complexity index is 899. The zero-order valence-corrected chi connectivity index (χ0v) is 15.6. The standard InChI is InChI=1S/C21H25N5O/c1-25(14-16-5-3-2-4-6-16)15-17-7-9-26(10-8-17)21(27)19-11-18-12-23-24-20(18)13-22-19/h2-6,11-13,17H,7-10,14-15H2,1H3,(H,23,24). The third-order valence-electron chi connectivity index (χ3n) is 5.31. The molecule has 27 heavy (non-hydrogen) atoms. The van der Waals surface area contributed by atoms with Gasteiger partial charge in [-0.3, -0.25) is 9.89 Å². The fraction of sp³-hybridized carbons (Fsp3) is 0.381. The second kappa shape index (κ2) is 7.88. The molecule has 140 valence electrons. The molecule has 4 rings (SSSR count). The first-order valence-corrected chi connectivity index (χ1v) is 9.50. The summed E-state index contributed by atoms with van der Waals surface area (Å²) in [5, 5.41) is 7.77. The highest BCUT2D eigenvalue weighted by Gasteiger charge is 2.25. The third kappa shape index (κ3) is 4.17. The topological polar surface area (TPSA) is 65.1 Å². The van der Waals surface area contributed by atoms with E-state index in [0.29, 0.717) is 11.6 Å². The largest absolute Gasteiger partial charge is 0.337 e. The van der Waals surface area contributed by atoms with Gasteiger partial charge < -0.3 is 9.80 Å². The molecular formula is C21H25N5O. The predicted molar refractivity (Wildman–Crippen MR) is 105 cm³/mol. The maximum absolute atomic E-state index is 12.8. The number of amides is 1. The van der Waals surface area contributed by atoms with Crippen molar-refractivity contribution in [3.63, 3.8) is 0 Å². The maximum Gasteiger partial charge on any atom is 0.272 e. The Hall–Kier alpha value is -2.73. The number of rotatable bonds is 5. The van der Waals surface area contributed by atoms with E-state index in [1.54, 1.807) is 12.4 Å². The summed E-state index contributed by atoms with van der Waals surface area (Å²) in [6.07, 6.45) is 5.49. The van der Waals surface area contributed by atoms with Crippen LogP contribution in [0.2, 0.25) is 0 Å². The van der Waals surface area contributed by atoms with Crippen molar-refractivity contribution in [1.82, 2.24) is 25.0 Å². The van der Waals surface area contributed by atoms with Crippen LogP contribution < -0.4 is 0 Å². The first-order valence-electron chi connectivity index (χ1n) is 9.50. The van der Waals surface area contributed by atoms with Crippen molar-refractivity contribution in [2.24, 2.45) is 5.92 Å². The summed E-state index contributed by atoms with van der Waals surface area (Å²) in [5.74, 6) is 0.654. The van der Waals surface area contributed by atoms with E-state index in [-0.39, 0.29) is 5.91 Å². The van der Waals surface area contributed by atoms with Crippen LogP contribution in [0.3, 0.4) is 0 Å². The fourth-order valence-electron chi connectivity index (χ4n) is 3.84. The minimum atomic E-state index is 0.0224. The average Bonchev–Trinajstić information content (AvgIpc) is 3.16. The van der Waals surface area contributed by atoms with Crippen molar-refractivity contribution < 1.29 is 4.79 Å². The Kier molecular flexibility index (Phi) is 5.16. The number of hydrogen-bond acceptors (Lipinski definition) is 4. The van der Waals surface area contributed by atoms with Gasteiger partial charge in [-0.25, -0.2) is 4.98 Å². The number of carbonyl (C=O) groups excluding carboxylic acids is 1. The molecule has 0 spiro atoms. The average molecular weight is 363 g/mol. The summed E-state index contributed by atoms with van der Waals surface area (Å²) in [6, 6.07) is 12.4. The number of nitrogens with one attached hydrogen (secondary N) is 1. The number of pyridine rings is 1. The molecule has 2 aromatic heterocycles. The quantitative estimate of drug-likeness (QED) is 0.757. The van der Waals surface area contributed by atoms with Gasteiger partial charge in [0.2, 0.25) is 0 Å². The van der Waals surface area contributed by atoms with E-state index in [1.807, 2.05) is 11.0 Å². The Labute approximate surface area is 159 Å². The molecule has 0 saturated carbocycles. The Morgan fingerprint density at radius 2 is 2.00 bits per heavy atom. The van der Waals surface area contributed by atoms with Gasteiger partial charge in [0.15, 0.2) is 0 Å². The molecule has 1 aromatic carbocycles. The molecule has 0 radical (unpaired) electrons. The SMILES string of the molecule is CN(Cc1ccccc1)CC1CCN(C(=O)c2cc3cn[nH]c3cn2)CC1. The summed E-state index contributed by atoms with van der Waals surface area (Å²) in [5.41, 5.74) is 2.70. The predicted octanol–water partition coefficient (Wildman–Crippen LogP) is 2.94. The van der Waals surface area contributed by atoms with Crippen LogP contribution in [0.15, 0.2) is 48.8 Å². The van der Waals surface area contributed by atoms with Crippen molar-refractivity contribution in [2.45, 2.75) is 19.4 Å². The van der Waals surface area contributed by atoms with E-state index in [4.69, 9.17) is 0 Å². The van der Waals surface area contributed by atoms with E-state index in [1.165, 1.54) is 5.56 Å². The smallest absolute Gasteiger partial charge is 0.272 e. The molecule has 0 atom stereocenters. The number of piperidine rings is 1. The molecule has 0 unspecified atom stereocenters. The molecule has 3 heterocycles. The number of fused-ring (bicyclic) bond motifs is 1. The minimum absolute atomic E-state index is 0.0224. The molecular weight excluding hydrogens is 338 g/mol.